The first-order chi connectivity index (χ1) is 13.0. The Balaban J connectivity index is 1.49. The summed E-state index contributed by atoms with van der Waals surface area (Å²) in [6, 6.07) is 13.1. The lowest BCUT2D eigenvalue weighted by Gasteiger charge is -2.34. The zero-order chi connectivity index (χ0) is 19.0. The minimum absolute atomic E-state index is 0.0197. The first-order valence-electron chi connectivity index (χ1n) is 8.86. The molecule has 2 heterocycles. The van der Waals surface area contributed by atoms with Gasteiger partial charge in [-0.3, -0.25) is 13.8 Å². The van der Waals surface area contributed by atoms with Gasteiger partial charge in [-0.05, 0) is 24.3 Å². The van der Waals surface area contributed by atoms with Crippen molar-refractivity contribution in [2.45, 2.75) is 11.8 Å². The zero-order valence-electron chi connectivity index (χ0n) is 15.0. The predicted octanol–water partition coefficient (Wildman–Crippen LogP) is 2.38. The number of nitrogens with zero attached hydrogens (tertiary/aromatic N) is 2. The first kappa shape index (κ1) is 17.7. The van der Waals surface area contributed by atoms with E-state index in [1.54, 1.807) is 21.9 Å². The van der Waals surface area contributed by atoms with Crippen LogP contribution in [0.5, 0.6) is 0 Å². The third-order valence-electron chi connectivity index (χ3n) is 4.94. The molecule has 1 atom stereocenters. The smallest absolute Gasteiger partial charge is 0.235 e. The van der Waals surface area contributed by atoms with E-state index in [4.69, 9.17) is 4.42 Å². The summed E-state index contributed by atoms with van der Waals surface area (Å²) < 4.78 is 18.5. The molecule has 1 unspecified atom stereocenters. The molecule has 1 aliphatic rings. The SMILES string of the molecule is CC(=O)N1CCN(C(=O)CS(=O)c2ccc3oc4ccccc4c3c2)CC1. The minimum Gasteiger partial charge on any atom is -0.456 e. The molecule has 27 heavy (non-hydrogen) atoms. The van der Waals surface area contributed by atoms with Crippen molar-refractivity contribution < 1.29 is 18.2 Å². The van der Waals surface area contributed by atoms with Gasteiger partial charge in [0.15, 0.2) is 0 Å². The van der Waals surface area contributed by atoms with Crippen LogP contribution in [0.4, 0.5) is 0 Å². The Labute approximate surface area is 159 Å². The quantitative estimate of drug-likeness (QED) is 0.695. The molecule has 7 heteroatoms. The minimum atomic E-state index is -1.43. The molecule has 0 spiro atoms. The molecular formula is C20H20N2O4S. The Hall–Kier alpha value is -2.67. The monoisotopic (exact) mass is 384 g/mol. The Morgan fingerprint density at radius 2 is 1.63 bits per heavy atom. The van der Waals surface area contributed by atoms with Crippen molar-refractivity contribution >= 4 is 44.6 Å². The maximum atomic E-state index is 12.7. The molecule has 1 aromatic heterocycles. The number of carbonyl (C=O) groups excluding carboxylic acids is 2. The number of carbonyl (C=O) groups is 2. The fourth-order valence-electron chi connectivity index (χ4n) is 3.40. The second kappa shape index (κ2) is 7.15. The maximum Gasteiger partial charge on any atom is 0.235 e. The van der Waals surface area contributed by atoms with Gasteiger partial charge >= 0.3 is 0 Å². The van der Waals surface area contributed by atoms with Crippen LogP contribution in [-0.4, -0.2) is 57.8 Å². The molecule has 4 rings (SSSR count). The van der Waals surface area contributed by atoms with Crippen molar-refractivity contribution in [2.75, 3.05) is 31.9 Å². The number of hydrogen-bond donors (Lipinski definition) is 0. The average Bonchev–Trinajstić information content (AvgIpc) is 3.05. The third-order valence-corrected chi connectivity index (χ3v) is 6.23. The molecule has 0 saturated carbocycles. The fourth-order valence-corrected chi connectivity index (χ4v) is 4.45. The highest BCUT2D eigenvalue weighted by molar-refractivity contribution is 7.85. The molecule has 2 amide bonds. The van der Waals surface area contributed by atoms with E-state index >= 15 is 0 Å². The van der Waals surface area contributed by atoms with Crippen LogP contribution in [0.1, 0.15) is 6.92 Å². The molecule has 0 radical (unpaired) electrons. The second-order valence-corrected chi connectivity index (χ2v) is 8.08. The highest BCUT2D eigenvalue weighted by Gasteiger charge is 2.24. The summed E-state index contributed by atoms with van der Waals surface area (Å²) in [7, 11) is -1.43. The van der Waals surface area contributed by atoms with Gasteiger partial charge < -0.3 is 14.2 Å². The van der Waals surface area contributed by atoms with Crippen LogP contribution in [0.2, 0.25) is 0 Å². The Bertz CT molecular complexity index is 1050. The second-order valence-electron chi connectivity index (χ2n) is 6.63. The molecule has 1 fully saturated rings. The highest BCUT2D eigenvalue weighted by Crippen LogP contribution is 2.30. The molecule has 1 aliphatic heterocycles. The standard InChI is InChI=1S/C20H20N2O4S/c1-14(23)21-8-10-22(11-9-21)20(24)13-27(25)15-6-7-19-17(12-15)16-4-2-3-5-18(16)26-19/h2-7,12H,8-11,13H2,1H3. The molecule has 2 aromatic carbocycles. The first-order valence-corrected chi connectivity index (χ1v) is 10.2. The van der Waals surface area contributed by atoms with E-state index in [9.17, 15) is 13.8 Å². The summed E-state index contributed by atoms with van der Waals surface area (Å²) in [4.78, 5) is 27.9. The van der Waals surface area contributed by atoms with Crippen LogP contribution in [0.25, 0.3) is 21.9 Å². The van der Waals surface area contributed by atoms with E-state index in [0.29, 0.717) is 31.1 Å². The highest BCUT2D eigenvalue weighted by atomic mass is 32.2. The van der Waals surface area contributed by atoms with E-state index in [2.05, 4.69) is 0 Å². The van der Waals surface area contributed by atoms with Crippen molar-refractivity contribution in [2.24, 2.45) is 0 Å². The van der Waals surface area contributed by atoms with E-state index < -0.39 is 10.8 Å². The number of furan rings is 1. The molecule has 0 N–H and O–H groups in total. The lowest BCUT2D eigenvalue weighted by Crippen LogP contribution is -2.51. The van der Waals surface area contributed by atoms with Gasteiger partial charge in [-0.1, -0.05) is 18.2 Å². The normalized spacial score (nSPS) is 16.0. The van der Waals surface area contributed by atoms with Gasteiger partial charge in [0.1, 0.15) is 16.9 Å². The van der Waals surface area contributed by atoms with Crippen LogP contribution in [0.3, 0.4) is 0 Å². The van der Waals surface area contributed by atoms with Crippen molar-refractivity contribution in [1.29, 1.82) is 0 Å². The van der Waals surface area contributed by atoms with Gasteiger partial charge in [0.2, 0.25) is 11.8 Å². The topological polar surface area (TPSA) is 70.8 Å². The van der Waals surface area contributed by atoms with E-state index in [1.807, 2.05) is 30.3 Å². The number of hydrogen-bond acceptors (Lipinski definition) is 4. The lowest BCUT2D eigenvalue weighted by molar-refractivity contribution is -0.136. The summed E-state index contributed by atoms with van der Waals surface area (Å²) in [6.07, 6.45) is 0. The van der Waals surface area contributed by atoms with Gasteiger partial charge in [0.25, 0.3) is 0 Å². The fraction of sp³-hybridized carbons (Fsp3) is 0.300. The van der Waals surface area contributed by atoms with Crippen molar-refractivity contribution in [3.05, 3.63) is 42.5 Å². The van der Waals surface area contributed by atoms with Crippen LogP contribution < -0.4 is 0 Å². The van der Waals surface area contributed by atoms with Crippen LogP contribution in [0, 0.1) is 0 Å². The molecule has 0 aliphatic carbocycles. The van der Waals surface area contributed by atoms with Gasteiger partial charge in [-0.25, -0.2) is 0 Å². The number of para-hydroxylation sites is 1. The molecule has 3 aromatic rings. The van der Waals surface area contributed by atoms with Gasteiger partial charge in [0, 0.05) is 48.8 Å². The summed E-state index contributed by atoms with van der Waals surface area (Å²) in [6.45, 7) is 3.56. The number of piperazine rings is 1. The molecule has 0 bridgehead atoms. The van der Waals surface area contributed by atoms with E-state index in [0.717, 1.165) is 21.9 Å². The van der Waals surface area contributed by atoms with Crippen LogP contribution >= 0.6 is 0 Å². The van der Waals surface area contributed by atoms with Gasteiger partial charge in [-0.15, -0.1) is 0 Å². The zero-order valence-corrected chi connectivity index (χ0v) is 15.8. The number of fused-ring (bicyclic) bond motifs is 3. The summed E-state index contributed by atoms with van der Waals surface area (Å²) in [5.41, 5.74) is 1.53. The summed E-state index contributed by atoms with van der Waals surface area (Å²) in [5, 5.41) is 1.87. The maximum absolute atomic E-state index is 12.7. The van der Waals surface area contributed by atoms with E-state index in [1.165, 1.54) is 6.92 Å². The molecule has 6 nitrogen and oxygen atoms in total. The van der Waals surface area contributed by atoms with E-state index in [-0.39, 0.29) is 17.6 Å². The largest absolute Gasteiger partial charge is 0.456 e. The molecular weight excluding hydrogens is 364 g/mol. The van der Waals surface area contributed by atoms with Gasteiger partial charge in [-0.2, -0.15) is 0 Å². The number of rotatable bonds is 3. The third kappa shape index (κ3) is 3.47. The lowest BCUT2D eigenvalue weighted by atomic mass is 10.1. The van der Waals surface area contributed by atoms with Gasteiger partial charge in [0.05, 0.1) is 10.8 Å². The summed E-state index contributed by atoms with van der Waals surface area (Å²) >= 11 is 0. The number of amides is 2. The van der Waals surface area contributed by atoms with Crippen molar-refractivity contribution in [3.8, 4) is 0 Å². The Kier molecular flexibility index (Phi) is 4.70. The Morgan fingerprint density at radius 1 is 0.963 bits per heavy atom. The van der Waals surface area contributed by atoms with Crippen molar-refractivity contribution in [3.63, 3.8) is 0 Å². The molecule has 140 valence electrons. The Morgan fingerprint density at radius 3 is 2.37 bits per heavy atom. The van der Waals surface area contributed by atoms with Crippen LogP contribution in [-0.2, 0) is 20.4 Å². The average molecular weight is 384 g/mol. The van der Waals surface area contributed by atoms with Crippen LogP contribution in [0.15, 0.2) is 51.8 Å². The predicted molar refractivity (Wildman–Crippen MR) is 104 cm³/mol. The molecule has 1 saturated heterocycles. The summed E-state index contributed by atoms with van der Waals surface area (Å²) in [5.74, 6) is -0.179. The van der Waals surface area contributed by atoms with Crippen molar-refractivity contribution in [1.82, 2.24) is 9.80 Å². The number of benzene rings is 2.